The lowest BCUT2D eigenvalue weighted by Gasteiger charge is -2.57. The number of hydrogen-bond donors (Lipinski definition) is 0. The van der Waals surface area contributed by atoms with E-state index in [0.717, 1.165) is 32.5 Å². The van der Waals surface area contributed by atoms with Gasteiger partial charge in [0.2, 0.25) is 0 Å². The van der Waals surface area contributed by atoms with Crippen LogP contribution in [0.2, 0.25) is 0 Å². The molecule has 105 valence electrons. The average molecular weight is 256 g/mol. The number of hydrogen-bond acceptors (Lipinski definition) is 3. The van der Waals surface area contributed by atoms with E-state index < -0.39 is 11.3 Å². The monoisotopic (exact) mass is 256 g/mol. The van der Waals surface area contributed by atoms with Crippen molar-refractivity contribution in [2.24, 2.45) is 0 Å². The number of ether oxygens (including phenoxy) is 2. The quantitative estimate of drug-likeness (QED) is 0.763. The molecule has 2 heterocycles. The minimum absolute atomic E-state index is 0.348. The Balaban J connectivity index is 2.31. The van der Waals surface area contributed by atoms with Crippen LogP contribution in [0.5, 0.6) is 0 Å². The van der Waals surface area contributed by atoms with Crippen LogP contribution in [0.1, 0.15) is 59.8 Å². The third-order valence-corrected chi connectivity index (χ3v) is 4.62. The van der Waals surface area contributed by atoms with Crippen LogP contribution < -0.4 is 0 Å². The number of piperidine rings is 1. The highest BCUT2D eigenvalue weighted by Crippen LogP contribution is 2.48. The molecular weight excluding hydrogens is 230 g/mol. The van der Waals surface area contributed by atoms with Gasteiger partial charge in [0.05, 0.1) is 18.8 Å². The van der Waals surface area contributed by atoms with Crippen LogP contribution >= 0.6 is 0 Å². The molecule has 0 bridgehead atoms. The Hall–Kier alpha value is -0.160. The Bertz CT molecular complexity index is 293. The van der Waals surface area contributed by atoms with Gasteiger partial charge in [-0.25, -0.2) is 0 Å². The van der Waals surface area contributed by atoms with E-state index in [0.29, 0.717) is 12.8 Å². The fraction of sp³-hybridized carbons (Fsp3) is 1.00. The van der Waals surface area contributed by atoms with Gasteiger partial charge in [0.25, 0.3) is 0 Å². The lowest BCUT2D eigenvalue weighted by Crippen LogP contribution is -2.67. The molecule has 2 rings (SSSR count). The molecule has 0 unspecified atom stereocenters. The van der Waals surface area contributed by atoms with E-state index in [9.17, 15) is 5.21 Å². The maximum Gasteiger partial charge on any atom is 0.171 e. The molecule has 2 saturated heterocycles. The summed E-state index contributed by atoms with van der Waals surface area (Å²) in [6.45, 7) is 9.68. The van der Waals surface area contributed by atoms with E-state index in [1.807, 2.05) is 13.8 Å². The van der Waals surface area contributed by atoms with Gasteiger partial charge < -0.3 is 9.47 Å². The standard InChI is InChI=1S/C14H26NO3/c1-5-13(6-2)11-14(17-8-7-9-18-14)10-12(3,4)15(13)16/h5-11H2,1-4H3. The molecule has 2 fully saturated rings. The van der Waals surface area contributed by atoms with Crippen LogP contribution in [-0.4, -0.2) is 35.1 Å². The molecule has 4 heteroatoms. The summed E-state index contributed by atoms with van der Waals surface area (Å²) >= 11 is 0. The zero-order valence-electron chi connectivity index (χ0n) is 12.1. The molecule has 0 aromatic carbocycles. The van der Waals surface area contributed by atoms with Crippen molar-refractivity contribution in [3.8, 4) is 0 Å². The minimum Gasteiger partial charge on any atom is -0.350 e. The van der Waals surface area contributed by atoms with Crippen molar-refractivity contribution in [2.45, 2.75) is 76.7 Å². The van der Waals surface area contributed by atoms with Crippen molar-refractivity contribution in [1.29, 1.82) is 0 Å². The van der Waals surface area contributed by atoms with E-state index in [2.05, 4.69) is 13.8 Å². The first-order chi connectivity index (χ1) is 8.40. The van der Waals surface area contributed by atoms with Crippen molar-refractivity contribution in [1.82, 2.24) is 5.06 Å². The second kappa shape index (κ2) is 4.75. The fourth-order valence-corrected chi connectivity index (χ4v) is 3.62. The highest BCUT2D eigenvalue weighted by atomic mass is 16.7. The van der Waals surface area contributed by atoms with Crippen LogP contribution in [0.3, 0.4) is 0 Å². The largest absolute Gasteiger partial charge is 0.350 e. The van der Waals surface area contributed by atoms with Crippen LogP contribution in [0, 0.1) is 0 Å². The van der Waals surface area contributed by atoms with Crippen LogP contribution in [0.15, 0.2) is 0 Å². The average Bonchev–Trinajstić information content (AvgIpc) is 2.35. The summed E-state index contributed by atoms with van der Waals surface area (Å²) in [5.74, 6) is -0.533. The molecule has 0 aliphatic carbocycles. The number of hydroxylamine groups is 2. The summed E-state index contributed by atoms with van der Waals surface area (Å²) in [6.07, 6.45) is 3.98. The van der Waals surface area contributed by atoms with Crippen LogP contribution in [0.25, 0.3) is 0 Å². The normalized spacial score (nSPS) is 30.5. The first-order valence-electron chi connectivity index (χ1n) is 7.15. The summed E-state index contributed by atoms with van der Waals surface area (Å²) in [5, 5.41) is 14.0. The zero-order chi connectivity index (χ0) is 13.4. The Morgan fingerprint density at radius 2 is 1.61 bits per heavy atom. The van der Waals surface area contributed by atoms with Gasteiger partial charge in [0.15, 0.2) is 5.79 Å². The van der Waals surface area contributed by atoms with Crippen molar-refractivity contribution in [3.05, 3.63) is 0 Å². The topological polar surface area (TPSA) is 41.6 Å². The van der Waals surface area contributed by atoms with E-state index in [1.54, 1.807) is 0 Å². The van der Waals surface area contributed by atoms with Gasteiger partial charge in [0.1, 0.15) is 0 Å². The second-order valence-corrected chi connectivity index (χ2v) is 6.35. The summed E-state index contributed by atoms with van der Waals surface area (Å²) in [7, 11) is 0. The van der Waals surface area contributed by atoms with Crippen molar-refractivity contribution in [3.63, 3.8) is 0 Å². The van der Waals surface area contributed by atoms with E-state index in [1.165, 1.54) is 5.06 Å². The van der Waals surface area contributed by atoms with Gasteiger partial charge in [-0.3, -0.25) is 0 Å². The third kappa shape index (κ3) is 2.20. The smallest absolute Gasteiger partial charge is 0.171 e. The fourth-order valence-electron chi connectivity index (χ4n) is 3.62. The second-order valence-electron chi connectivity index (χ2n) is 6.35. The Kier molecular flexibility index (Phi) is 3.76. The van der Waals surface area contributed by atoms with Crippen LogP contribution in [-0.2, 0) is 14.7 Å². The molecule has 0 aromatic heterocycles. The van der Waals surface area contributed by atoms with E-state index in [-0.39, 0.29) is 5.54 Å². The summed E-state index contributed by atoms with van der Waals surface area (Å²) in [6, 6.07) is 0. The first-order valence-corrected chi connectivity index (χ1v) is 7.15. The number of nitrogens with zero attached hydrogens (tertiary/aromatic N) is 1. The lowest BCUT2D eigenvalue weighted by atomic mass is 9.73. The summed E-state index contributed by atoms with van der Waals surface area (Å²) < 4.78 is 11.9. The molecule has 1 radical (unpaired) electrons. The van der Waals surface area contributed by atoms with Gasteiger partial charge in [-0.15, -0.1) is 10.3 Å². The Labute approximate surface area is 110 Å². The highest BCUT2D eigenvalue weighted by molar-refractivity contribution is 5.04. The van der Waals surface area contributed by atoms with Crippen LogP contribution in [0.4, 0.5) is 0 Å². The zero-order valence-corrected chi connectivity index (χ0v) is 12.1. The van der Waals surface area contributed by atoms with E-state index >= 15 is 0 Å². The predicted octanol–water partition coefficient (Wildman–Crippen LogP) is 2.90. The molecule has 1 spiro atoms. The van der Waals surface area contributed by atoms with Crippen molar-refractivity contribution in [2.75, 3.05) is 13.2 Å². The Morgan fingerprint density at radius 3 is 2.11 bits per heavy atom. The van der Waals surface area contributed by atoms with Gasteiger partial charge in [-0.2, -0.15) is 0 Å². The third-order valence-electron chi connectivity index (χ3n) is 4.62. The van der Waals surface area contributed by atoms with Gasteiger partial charge >= 0.3 is 0 Å². The molecule has 0 N–H and O–H groups in total. The molecule has 0 saturated carbocycles. The first kappa shape index (κ1) is 14.3. The minimum atomic E-state index is -0.533. The lowest BCUT2D eigenvalue weighted by molar-refractivity contribution is -0.379. The molecule has 0 aromatic rings. The number of rotatable bonds is 2. The maximum absolute atomic E-state index is 12.7. The molecular formula is C14H26NO3. The molecule has 2 aliphatic heterocycles. The maximum atomic E-state index is 12.7. The van der Waals surface area contributed by atoms with Gasteiger partial charge in [-0.1, -0.05) is 13.8 Å². The summed E-state index contributed by atoms with van der Waals surface area (Å²) in [5.41, 5.74) is -0.777. The van der Waals surface area contributed by atoms with Gasteiger partial charge in [-0.05, 0) is 33.1 Å². The van der Waals surface area contributed by atoms with E-state index in [4.69, 9.17) is 9.47 Å². The molecule has 4 nitrogen and oxygen atoms in total. The molecule has 18 heavy (non-hydrogen) atoms. The molecule has 2 aliphatic rings. The van der Waals surface area contributed by atoms with Crippen molar-refractivity contribution >= 4 is 0 Å². The predicted molar refractivity (Wildman–Crippen MR) is 68.4 cm³/mol. The highest BCUT2D eigenvalue weighted by Gasteiger charge is 2.57. The molecule has 0 atom stereocenters. The Morgan fingerprint density at radius 1 is 1.06 bits per heavy atom. The summed E-state index contributed by atoms with van der Waals surface area (Å²) in [4.78, 5) is 0. The molecule has 0 amide bonds. The SMILES string of the molecule is CCC1(CC)CC2(CC(C)(C)N1[O])OCCCO2. The van der Waals surface area contributed by atoms with Gasteiger partial charge in [0, 0.05) is 18.4 Å². The van der Waals surface area contributed by atoms with Crippen molar-refractivity contribution < 1.29 is 14.7 Å².